The van der Waals surface area contributed by atoms with Gasteiger partial charge in [0, 0.05) is 11.6 Å². The number of carbonyl (C=O) groups excluding carboxylic acids is 1. The SMILES string of the molecule is COc1ccc(Cl)cc1S(=O)(=O)NC(Cc1ccccc1)C(=O)NCC(C)C. The predicted octanol–water partition coefficient (Wildman–Crippen LogP) is 3.01. The molecule has 0 radical (unpaired) electrons. The van der Waals surface area contributed by atoms with E-state index in [9.17, 15) is 13.2 Å². The topological polar surface area (TPSA) is 84.5 Å². The standard InChI is InChI=1S/C20H25ClN2O4S/c1-14(2)13-22-20(24)17(11-15-7-5-4-6-8-15)23-28(25,26)19-12-16(21)9-10-18(19)27-3/h4-10,12,14,17,23H,11,13H2,1-3H3,(H,22,24). The summed E-state index contributed by atoms with van der Waals surface area (Å²) >= 11 is 5.97. The van der Waals surface area contributed by atoms with Crippen molar-refractivity contribution in [2.45, 2.75) is 31.2 Å². The zero-order valence-corrected chi connectivity index (χ0v) is 17.7. The number of hydrogen-bond donors (Lipinski definition) is 2. The monoisotopic (exact) mass is 424 g/mol. The van der Waals surface area contributed by atoms with E-state index < -0.39 is 16.1 Å². The van der Waals surface area contributed by atoms with Crippen LogP contribution in [0.3, 0.4) is 0 Å². The number of methoxy groups -OCH3 is 1. The molecule has 2 N–H and O–H groups in total. The van der Waals surface area contributed by atoms with E-state index in [4.69, 9.17) is 16.3 Å². The second-order valence-corrected chi connectivity index (χ2v) is 8.92. The molecule has 0 heterocycles. The summed E-state index contributed by atoms with van der Waals surface area (Å²) in [5.74, 6) is 0.00558. The Morgan fingerprint density at radius 3 is 2.43 bits per heavy atom. The summed E-state index contributed by atoms with van der Waals surface area (Å²) in [6.07, 6.45) is 0.215. The maximum atomic E-state index is 13.0. The third kappa shape index (κ3) is 6.22. The van der Waals surface area contributed by atoms with Gasteiger partial charge in [-0.3, -0.25) is 4.79 Å². The Morgan fingerprint density at radius 2 is 1.82 bits per heavy atom. The molecule has 0 aliphatic heterocycles. The van der Waals surface area contributed by atoms with Crippen molar-refractivity contribution in [3.05, 3.63) is 59.1 Å². The van der Waals surface area contributed by atoms with E-state index in [-0.39, 0.29) is 33.9 Å². The number of rotatable bonds is 9. The van der Waals surface area contributed by atoms with Crippen molar-refractivity contribution in [2.75, 3.05) is 13.7 Å². The van der Waals surface area contributed by atoms with Gasteiger partial charge in [-0.2, -0.15) is 4.72 Å². The molecule has 0 aromatic heterocycles. The third-order valence-corrected chi connectivity index (χ3v) is 5.72. The number of hydrogen-bond acceptors (Lipinski definition) is 4. The zero-order chi connectivity index (χ0) is 20.7. The van der Waals surface area contributed by atoms with Crippen LogP contribution in [0, 0.1) is 5.92 Å². The van der Waals surface area contributed by atoms with E-state index >= 15 is 0 Å². The van der Waals surface area contributed by atoms with Gasteiger partial charge in [0.25, 0.3) is 0 Å². The molecule has 6 nitrogen and oxygen atoms in total. The van der Waals surface area contributed by atoms with Gasteiger partial charge in [0.05, 0.1) is 7.11 Å². The van der Waals surface area contributed by atoms with Crippen LogP contribution in [0.4, 0.5) is 0 Å². The number of benzene rings is 2. The first-order valence-corrected chi connectivity index (χ1v) is 10.8. The predicted molar refractivity (Wildman–Crippen MR) is 110 cm³/mol. The van der Waals surface area contributed by atoms with E-state index in [0.29, 0.717) is 6.54 Å². The van der Waals surface area contributed by atoms with Gasteiger partial charge in [0.1, 0.15) is 16.7 Å². The number of sulfonamides is 1. The molecular weight excluding hydrogens is 400 g/mol. The summed E-state index contributed by atoms with van der Waals surface area (Å²) < 4.78 is 33.6. The molecule has 2 aromatic rings. The molecule has 1 atom stereocenters. The molecule has 2 aromatic carbocycles. The van der Waals surface area contributed by atoms with E-state index in [1.807, 2.05) is 44.2 Å². The van der Waals surface area contributed by atoms with Gasteiger partial charge >= 0.3 is 0 Å². The summed E-state index contributed by atoms with van der Waals surface area (Å²) in [6, 6.07) is 12.6. The lowest BCUT2D eigenvalue weighted by Crippen LogP contribution is -2.48. The van der Waals surface area contributed by atoms with Crippen LogP contribution in [0.1, 0.15) is 19.4 Å². The Balaban J connectivity index is 2.32. The summed E-state index contributed by atoms with van der Waals surface area (Å²) in [5, 5.41) is 3.05. The molecule has 1 unspecified atom stereocenters. The summed E-state index contributed by atoms with van der Waals surface area (Å²) in [7, 11) is -2.67. The zero-order valence-electron chi connectivity index (χ0n) is 16.1. The van der Waals surface area contributed by atoms with Crippen molar-refractivity contribution < 1.29 is 17.9 Å². The first-order chi connectivity index (χ1) is 13.2. The second-order valence-electron chi connectivity index (χ2n) is 6.80. The molecular formula is C20H25ClN2O4S. The van der Waals surface area contributed by atoms with E-state index in [2.05, 4.69) is 10.0 Å². The van der Waals surface area contributed by atoms with Crippen LogP contribution in [-0.2, 0) is 21.2 Å². The Labute approximate surface area is 171 Å². The van der Waals surface area contributed by atoms with Gasteiger partial charge in [-0.15, -0.1) is 0 Å². The highest BCUT2D eigenvalue weighted by atomic mass is 35.5. The Morgan fingerprint density at radius 1 is 1.14 bits per heavy atom. The van der Waals surface area contributed by atoms with Crippen molar-refractivity contribution >= 4 is 27.5 Å². The number of amides is 1. The van der Waals surface area contributed by atoms with Gasteiger partial charge < -0.3 is 10.1 Å². The van der Waals surface area contributed by atoms with Crippen molar-refractivity contribution in [3.8, 4) is 5.75 Å². The molecule has 28 heavy (non-hydrogen) atoms. The van der Waals surface area contributed by atoms with Crippen LogP contribution >= 0.6 is 11.6 Å². The molecule has 0 aliphatic rings. The fourth-order valence-electron chi connectivity index (χ4n) is 2.58. The number of nitrogens with one attached hydrogen (secondary N) is 2. The molecule has 8 heteroatoms. The van der Waals surface area contributed by atoms with Gasteiger partial charge in [-0.1, -0.05) is 55.8 Å². The summed E-state index contributed by atoms with van der Waals surface area (Å²) in [6.45, 7) is 4.38. The number of ether oxygens (including phenoxy) is 1. The highest BCUT2D eigenvalue weighted by Gasteiger charge is 2.28. The number of carbonyl (C=O) groups is 1. The highest BCUT2D eigenvalue weighted by molar-refractivity contribution is 7.89. The second kappa shape index (κ2) is 9.91. The average Bonchev–Trinajstić information content (AvgIpc) is 2.66. The lowest BCUT2D eigenvalue weighted by molar-refractivity contribution is -0.122. The summed E-state index contributed by atoms with van der Waals surface area (Å²) in [4.78, 5) is 12.6. The van der Waals surface area contributed by atoms with Crippen LogP contribution < -0.4 is 14.8 Å². The minimum atomic E-state index is -4.05. The van der Waals surface area contributed by atoms with Crippen LogP contribution in [0.15, 0.2) is 53.4 Å². The molecule has 2 rings (SSSR count). The van der Waals surface area contributed by atoms with Crippen LogP contribution in [0.25, 0.3) is 0 Å². The van der Waals surface area contributed by atoms with Crippen molar-refractivity contribution in [1.82, 2.24) is 10.0 Å². The first kappa shape index (κ1) is 22.2. The van der Waals surface area contributed by atoms with Crippen molar-refractivity contribution in [2.24, 2.45) is 5.92 Å². The van der Waals surface area contributed by atoms with Crippen molar-refractivity contribution in [1.29, 1.82) is 0 Å². The first-order valence-electron chi connectivity index (χ1n) is 8.90. The average molecular weight is 425 g/mol. The normalized spacial score (nSPS) is 12.6. The van der Waals surface area contributed by atoms with Gasteiger partial charge in [-0.25, -0.2) is 8.42 Å². The maximum absolute atomic E-state index is 13.0. The Kier molecular flexibility index (Phi) is 7.86. The lowest BCUT2D eigenvalue weighted by Gasteiger charge is -2.20. The lowest BCUT2D eigenvalue weighted by atomic mass is 10.1. The Bertz CT molecular complexity index is 902. The molecule has 0 spiro atoms. The van der Waals surface area contributed by atoms with Crippen LogP contribution in [-0.4, -0.2) is 34.0 Å². The van der Waals surface area contributed by atoms with E-state index in [1.54, 1.807) is 0 Å². The molecule has 0 aliphatic carbocycles. The molecule has 1 amide bonds. The van der Waals surface area contributed by atoms with E-state index in [0.717, 1.165) is 5.56 Å². The van der Waals surface area contributed by atoms with Gasteiger partial charge in [-0.05, 0) is 36.1 Å². The minimum Gasteiger partial charge on any atom is -0.495 e. The van der Waals surface area contributed by atoms with E-state index in [1.165, 1.54) is 25.3 Å². The molecule has 0 saturated carbocycles. The molecule has 152 valence electrons. The highest BCUT2D eigenvalue weighted by Crippen LogP contribution is 2.27. The van der Waals surface area contributed by atoms with Gasteiger partial charge in [0.15, 0.2) is 0 Å². The molecule has 0 bridgehead atoms. The van der Waals surface area contributed by atoms with Gasteiger partial charge in [0.2, 0.25) is 15.9 Å². The largest absolute Gasteiger partial charge is 0.495 e. The van der Waals surface area contributed by atoms with Crippen molar-refractivity contribution in [3.63, 3.8) is 0 Å². The fourth-order valence-corrected chi connectivity index (χ4v) is 4.20. The fraction of sp³-hybridized carbons (Fsp3) is 0.350. The quantitative estimate of drug-likeness (QED) is 0.648. The summed E-state index contributed by atoms with van der Waals surface area (Å²) in [5.41, 5.74) is 0.841. The molecule has 0 fully saturated rings. The third-order valence-electron chi connectivity index (χ3n) is 4.00. The van der Waals surface area contributed by atoms with Crippen LogP contribution in [0.5, 0.6) is 5.75 Å². The van der Waals surface area contributed by atoms with Crippen LogP contribution in [0.2, 0.25) is 5.02 Å². The number of halogens is 1. The maximum Gasteiger partial charge on any atom is 0.245 e. The smallest absolute Gasteiger partial charge is 0.245 e. The molecule has 0 saturated heterocycles. The minimum absolute atomic E-state index is 0.114. The Hall–Kier alpha value is -2.09.